The van der Waals surface area contributed by atoms with Crippen molar-refractivity contribution in [1.82, 2.24) is 10.3 Å². The van der Waals surface area contributed by atoms with Gasteiger partial charge in [-0.1, -0.05) is 0 Å². The second-order valence-electron chi connectivity index (χ2n) is 3.52. The molecule has 0 aliphatic heterocycles. The zero-order chi connectivity index (χ0) is 13.2. The monoisotopic (exact) mass is 270 g/mol. The molecule has 0 spiro atoms. The number of nitrogens with one attached hydrogen (secondary N) is 1. The number of ether oxygens (including phenoxy) is 2. The molecule has 0 bridgehead atoms. The van der Waals surface area contributed by atoms with Crippen molar-refractivity contribution in [2.24, 2.45) is 0 Å². The van der Waals surface area contributed by atoms with Gasteiger partial charge >= 0.3 is 0 Å². The Bertz CT molecular complexity index is 390. The van der Waals surface area contributed by atoms with E-state index in [2.05, 4.69) is 10.3 Å². The summed E-state index contributed by atoms with van der Waals surface area (Å²) in [6, 6.07) is 0. The third kappa shape index (κ3) is 6.48. The molecule has 18 heavy (non-hydrogen) atoms. The minimum Gasteiger partial charge on any atom is -0.382 e. The molecule has 5 nitrogen and oxygen atoms in total. The zero-order valence-corrected chi connectivity index (χ0v) is 11.5. The van der Waals surface area contributed by atoms with Gasteiger partial charge in [0.2, 0.25) is 5.91 Å². The van der Waals surface area contributed by atoms with Crippen LogP contribution in [-0.4, -0.2) is 44.4 Å². The molecule has 0 aromatic carbocycles. The minimum atomic E-state index is -0.143. The minimum absolute atomic E-state index is 0.143. The standard InChI is InChI=1S/C12H18N2O3S/c1-10-14-11(9-18-10)3-4-12(15)13-5-6-17-8-7-16-2/h3-4,9H,5-8H2,1-2H3,(H,13,15). The first-order valence-electron chi connectivity index (χ1n) is 5.67. The van der Waals surface area contributed by atoms with Gasteiger partial charge in [-0.15, -0.1) is 11.3 Å². The number of aryl methyl sites for hydroxylation is 1. The van der Waals surface area contributed by atoms with Crippen LogP contribution in [-0.2, 0) is 14.3 Å². The molecule has 1 rings (SSSR count). The van der Waals surface area contributed by atoms with Gasteiger partial charge in [0, 0.05) is 25.1 Å². The van der Waals surface area contributed by atoms with Crippen molar-refractivity contribution in [1.29, 1.82) is 0 Å². The Morgan fingerprint density at radius 3 is 3.00 bits per heavy atom. The molecule has 6 heteroatoms. The van der Waals surface area contributed by atoms with Crippen LogP contribution >= 0.6 is 11.3 Å². The van der Waals surface area contributed by atoms with Crippen LogP contribution in [0.2, 0.25) is 0 Å². The highest BCUT2D eigenvalue weighted by molar-refractivity contribution is 7.09. The fourth-order valence-electron chi connectivity index (χ4n) is 1.17. The van der Waals surface area contributed by atoms with Crippen LogP contribution in [0.3, 0.4) is 0 Å². The smallest absolute Gasteiger partial charge is 0.244 e. The molecule has 1 amide bonds. The van der Waals surface area contributed by atoms with E-state index in [1.54, 1.807) is 24.5 Å². The van der Waals surface area contributed by atoms with Crippen molar-refractivity contribution in [3.63, 3.8) is 0 Å². The molecule has 0 aliphatic rings. The van der Waals surface area contributed by atoms with Crippen molar-refractivity contribution in [2.45, 2.75) is 6.92 Å². The lowest BCUT2D eigenvalue weighted by Gasteiger charge is -2.03. The first-order chi connectivity index (χ1) is 8.72. The van der Waals surface area contributed by atoms with Crippen molar-refractivity contribution in [2.75, 3.05) is 33.5 Å². The summed E-state index contributed by atoms with van der Waals surface area (Å²) in [7, 11) is 1.62. The van der Waals surface area contributed by atoms with Crippen LogP contribution in [0.15, 0.2) is 11.5 Å². The van der Waals surface area contributed by atoms with Gasteiger partial charge in [-0.3, -0.25) is 4.79 Å². The van der Waals surface area contributed by atoms with Gasteiger partial charge in [-0.25, -0.2) is 4.98 Å². The summed E-state index contributed by atoms with van der Waals surface area (Å²) < 4.78 is 10.0. The number of thiazole rings is 1. The maximum absolute atomic E-state index is 11.4. The Morgan fingerprint density at radius 2 is 2.33 bits per heavy atom. The number of hydrogen-bond donors (Lipinski definition) is 1. The number of carbonyl (C=O) groups excluding carboxylic acids is 1. The van der Waals surface area contributed by atoms with E-state index in [0.717, 1.165) is 10.7 Å². The van der Waals surface area contributed by atoms with Crippen LogP contribution in [0.25, 0.3) is 6.08 Å². The van der Waals surface area contributed by atoms with Crippen molar-refractivity contribution < 1.29 is 14.3 Å². The van der Waals surface area contributed by atoms with Gasteiger partial charge in [0.1, 0.15) is 0 Å². The maximum Gasteiger partial charge on any atom is 0.244 e. The number of amides is 1. The van der Waals surface area contributed by atoms with Crippen LogP contribution < -0.4 is 5.32 Å². The van der Waals surface area contributed by atoms with Gasteiger partial charge in [0.15, 0.2) is 0 Å². The lowest BCUT2D eigenvalue weighted by atomic mass is 10.4. The van der Waals surface area contributed by atoms with Gasteiger partial charge < -0.3 is 14.8 Å². The van der Waals surface area contributed by atoms with Crippen molar-refractivity contribution in [3.05, 3.63) is 22.2 Å². The highest BCUT2D eigenvalue weighted by Gasteiger charge is 1.97. The molecule has 0 saturated heterocycles. The Morgan fingerprint density at radius 1 is 1.50 bits per heavy atom. The predicted octanol–water partition coefficient (Wildman–Crippen LogP) is 1.24. The normalized spacial score (nSPS) is 11.0. The SMILES string of the molecule is COCCOCCNC(=O)C=Cc1csc(C)n1. The fraction of sp³-hybridized carbons (Fsp3) is 0.500. The highest BCUT2D eigenvalue weighted by Crippen LogP contribution is 2.08. The molecule has 0 atom stereocenters. The van der Waals surface area contributed by atoms with E-state index in [0.29, 0.717) is 26.4 Å². The van der Waals surface area contributed by atoms with Crippen LogP contribution in [0.5, 0.6) is 0 Å². The van der Waals surface area contributed by atoms with Crippen molar-refractivity contribution in [3.8, 4) is 0 Å². The lowest BCUT2D eigenvalue weighted by Crippen LogP contribution is -2.25. The van der Waals surface area contributed by atoms with E-state index in [1.165, 1.54) is 6.08 Å². The van der Waals surface area contributed by atoms with Gasteiger partial charge in [0.25, 0.3) is 0 Å². The summed E-state index contributed by atoms with van der Waals surface area (Å²) in [6.45, 7) is 4.01. The molecule has 0 unspecified atom stereocenters. The molecule has 0 fully saturated rings. The lowest BCUT2D eigenvalue weighted by molar-refractivity contribution is -0.116. The van der Waals surface area contributed by atoms with E-state index >= 15 is 0 Å². The number of nitrogens with zero attached hydrogens (tertiary/aromatic N) is 1. The third-order valence-corrected chi connectivity index (χ3v) is 2.81. The van der Waals surface area contributed by atoms with Gasteiger partial charge in [-0.2, -0.15) is 0 Å². The maximum atomic E-state index is 11.4. The van der Waals surface area contributed by atoms with Crippen molar-refractivity contribution >= 4 is 23.3 Å². The molecule has 1 aromatic rings. The van der Waals surface area contributed by atoms with Crippen LogP contribution in [0, 0.1) is 6.92 Å². The van der Waals surface area contributed by atoms with E-state index in [4.69, 9.17) is 9.47 Å². The molecule has 0 aliphatic carbocycles. The number of hydrogen-bond acceptors (Lipinski definition) is 5. The molecular weight excluding hydrogens is 252 g/mol. The van der Waals surface area contributed by atoms with Gasteiger partial charge in [0.05, 0.1) is 30.5 Å². The number of rotatable bonds is 8. The quantitative estimate of drug-likeness (QED) is 0.570. The summed E-state index contributed by atoms with van der Waals surface area (Å²) >= 11 is 1.56. The Labute approximate surface area is 111 Å². The molecule has 1 aromatic heterocycles. The number of aromatic nitrogens is 1. The van der Waals surface area contributed by atoms with E-state index in [-0.39, 0.29) is 5.91 Å². The fourth-order valence-corrected chi connectivity index (χ4v) is 1.75. The first kappa shape index (κ1) is 14.8. The topological polar surface area (TPSA) is 60.5 Å². The predicted molar refractivity (Wildman–Crippen MR) is 71.6 cm³/mol. The summed E-state index contributed by atoms with van der Waals surface area (Å²) in [5.41, 5.74) is 0.809. The second-order valence-corrected chi connectivity index (χ2v) is 4.58. The van der Waals surface area contributed by atoms with E-state index in [1.807, 2.05) is 12.3 Å². The largest absolute Gasteiger partial charge is 0.382 e. The first-order valence-corrected chi connectivity index (χ1v) is 6.55. The summed E-state index contributed by atoms with van der Waals surface area (Å²) in [6.07, 6.45) is 3.17. The molecule has 1 heterocycles. The molecular formula is C12H18N2O3S. The summed E-state index contributed by atoms with van der Waals surface area (Å²) in [5, 5.41) is 5.62. The van der Waals surface area contributed by atoms with E-state index < -0.39 is 0 Å². The Hall–Kier alpha value is -1.24. The molecule has 0 saturated carbocycles. The summed E-state index contributed by atoms with van der Waals surface area (Å²) in [4.78, 5) is 15.6. The summed E-state index contributed by atoms with van der Waals surface area (Å²) in [5.74, 6) is -0.143. The van der Waals surface area contributed by atoms with Crippen LogP contribution in [0.1, 0.15) is 10.7 Å². The van der Waals surface area contributed by atoms with E-state index in [9.17, 15) is 4.79 Å². The van der Waals surface area contributed by atoms with Gasteiger partial charge in [-0.05, 0) is 13.0 Å². The zero-order valence-electron chi connectivity index (χ0n) is 10.6. The molecule has 1 N–H and O–H groups in total. The third-order valence-electron chi connectivity index (χ3n) is 2.02. The Balaban J connectivity index is 2.12. The molecule has 0 radical (unpaired) electrons. The average molecular weight is 270 g/mol. The molecule has 100 valence electrons. The Kier molecular flexibility index (Phi) is 7.24. The highest BCUT2D eigenvalue weighted by atomic mass is 32.1. The van der Waals surface area contributed by atoms with Crippen LogP contribution in [0.4, 0.5) is 0 Å². The number of methoxy groups -OCH3 is 1. The number of carbonyl (C=O) groups is 1. The second kappa shape index (κ2) is 8.79. The average Bonchev–Trinajstić information content (AvgIpc) is 2.77.